The number of carbonyl (C=O) groups excluding carboxylic acids is 2. The van der Waals surface area contributed by atoms with E-state index in [2.05, 4.69) is 18.7 Å². The smallest absolute Gasteiger partial charge is 0.295 e. The van der Waals surface area contributed by atoms with Gasteiger partial charge in [-0.1, -0.05) is 13.8 Å². The summed E-state index contributed by atoms with van der Waals surface area (Å²) in [6.45, 7) is 8.06. The molecule has 2 aromatic rings. The third-order valence-electron chi connectivity index (χ3n) is 5.94. The first kappa shape index (κ1) is 22.0. The number of likely N-dealkylation sites (tertiary alicyclic amines) is 1. The lowest BCUT2D eigenvalue weighted by atomic mass is 9.99. The average molecular weight is 440 g/mol. The van der Waals surface area contributed by atoms with Gasteiger partial charge in [0.1, 0.15) is 30.8 Å². The van der Waals surface area contributed by atoms with Gasteiger partial charge < -0.3 is 28.8 Å². The highest BCUT2D eigenvalue weighted by Gasteiger charge is 2.47. The van der Waals surface area contributed by atoms with Crippen LogP contribution in [0.2, 0.25) is 0 Å². The standard InChI is InChI=1S/C24H28N2O6/c1-3-25(4-2)10-6-11-26-21(18-7-5-12-30-18)20(23(28)24(26)29)22(27)16-8-9-17-19(15-16)32-14-13-31-17/h5,7-9,12,15,21,27H,3-4,6,10-11,13-14H2,1-2H3/b22-20-/t21-/m1/s1. The van der Waals surface area contributed by atoms with Crippen LogP contribution in [0.5, 0.6) is 11.5 Å². The lowest BCUT2D eigenvalue weighted by molar-refractivity contribution is -0.140. The van der Waals surface area contributed by atoms with Crippen molar-refractivity contribution in [1.29, 1.82) is 0 Å². The predicted molar refractivity (Wildman–Crippen MR) is 118 cm³/mol. The van der Waals surface area contributed by atoms with Crippen LogP contribution >= 0.6 is 0 Å². The first-order chi connectivity index (χ1) is 15.5. The van der Waals surface area contributed by atoms with E-state index in [0.29, 0.717) is 49.0 Å². The molecule has 2 aliphatic rings. The average Bonchev–Trinajstić information content (AvgIpc) is 3.43. The number of Topliss-reactive ketones (excluding diaryl/α,β-unsaturated/α-hetero) is 1. The summed E-state index contributed by atoms with van der Waals surface area (Å²) in [4.78, 5) is 29.7. The van der Waals surface area contributed by atoms with E-state index in [-0.39, 0.29) is 11.3 Å². The van der Waals surface area contributed by atoms with Crippen LogP contribution in [-0.2, 0) is 9.59 Å². The molecule has 8 heteroatoms. The molecular formula is C24H28N2O6. The minimum Gasteiger partial charge on any atom is -0.507 e. The van der Waals surface area contributed by atoms with Crippen molar-refractivity contribution < 1.29 is 28.6 Å². The number of amides is 1. The topological polar surface area (TPSA) is 92.5 Å². The van der Waals surface area contributed by atoms with Gasteiger partial charge in [0.15, 0.2) is 11.5 Å². The lowest BCUT2D eigenvalue weighted by Crippen LogP contribution is -2.33. The van der Waals surface area contributed by atoms with Crippen molar-refractivity contribution in [2.75, 3.05) is 39.4 Å². The molecule has 0 aliphatic carbocycles. The molecule has 0 unspecified atom stereocenters. The van der Waals surface area contributed by atoms with Crippen molar-refractivity contribution in [3.8, 4) is 11.5 Å². The summed E-state index contributed by atoms with van der Waals surface area (Å²) in [5.41, 5.74) is 0.399. The summed E-state index contributed by atoms with van der Waals surface area (Å²) in [5.74, 6) is -0.110. The van der Waals surface area contributed by atoms with Gasteiger partial charge in [0, 0.05) is 12.1 Å². The zero-order valence-electron chi connectivity index (χ0n) is 18.4. The van der Waals surface area contributed by atoms with E-state index in [4.69, 9.17) is 13.9 Å². The molecule has 4 rings (SSSR count). The molecule has 0 spiro atoms. The first-order valence-electron chi connectivity index (χ1n) is 11.0. The van der Waals surface area contributed by atoms with Crippen LogP contribution in [0.15, 0.2) is 46.6 Å². The number of hydrogen-bond acceptors (Lipinski definition) is 7. The molecule has 2 aliphatic heterocycles. The Bertz CT molecular complexity index is 1010. The second-order valence-electron chi connectivity index (χ2n) is 7.75. The zero-order valence-corrected chi connectivity index (χ0v) is 18.4. The molecule has 8 nitrogen and oxygen atoms in total. The summed E-state index contributed by atoms with van der Waals surface area (Å²) in [7, 11) is 0. The molecule has 1 N–H and O–H groups in total. The van der Waals surface area contributed by atoms with Crippen LogP contribution in [-0.4, -0.2) is 66.0 Å². The Labute approximate surface area is 187 Å². The number of ether oxygens (including phenoxy) is 2. The molecule has 32 heavy (non-hydrogen) atoms. The molecule has 3 heterocycles. The van der Waals surface area contributed by atoms with Gasteiger partial charge in [-0.05, 0) is 56.4 Å². The molecule has 1 aromatic carbocycles. The van der Waals surface area contributed by atoms with Crippen molar-refractivity contribution in [3.63, 3.8) is 0 Å². The Morgan fingerprint density at radius 2 is 1.88 bits per heavy atom. The Hall–Kier alpha value is -3.26. The zero-order chi connectivity index (χ0) is 22.7. The number of carbonyl (C=O) groups is 2. The van der Waals surface area contributed by atoms with Crippen LogP contribution in [0, 0.1) is 0 Å². The number of benzene rings is 1. The molecule has 170 valence electrons. The SMILES string of the molecule is CCN(CC)CCCN1C(=O)C(=O)/C(=C(\O)c2ccc3c(c2)OCCO3)[C@H]1c1ccco1. The molecule has 1 amide bonds. The van der Waals surface area contributed by atoms with Gasteiger partial charge in [-0.15, -0.1) is 0 Å². The monoisotopic (exact) mass is 440 g/mol. The largest absolute Gasteiger partial charge is 0.507 e. The highest BCUT2D eigenvalue weighted by molar-refractivity contribution is 6.46. The minimum atomic E-state index is -0.782. The molecule has 0 radical (unpaired) electrons. The van der Waals surface area contributed by atoms with E-state index >= 15 is 0 Å². The quantitative estimate of drug-likeness (QED) is 0.383. The van der Waals surface area contributed by atoms with Crippen molar-refractivity contribution in [1.82, 2.24) is 9.80 Å². The minimum absolute atomic E-state index is 0.0180. The second-order valence-corrected chi connectivity index (χ2v) is 7.75. The number of aliphatic hydroxyl groups excluding tert-OH is 1. The number of furan rings is 1. The van der Waals surface area contributed by atoms with Gasteiger partial charge in [0.25, 0.3) is 11.7 Å². The summed E-state index contributed by atoms with van der Waals surface area (Å²) in [5, 5.41) is 11.1. The Morgan fingerprint density at radius 3 is 2.56 bits per heavy atom. The second kappa shape index (κ2) is 9.48. The number of nitrogens with zero attached hydrogens (tertiary/aromatic N) is 2. The molecule has 1 saturated heterocycles. The number of hydrogen-bond donors (Lipinski definition) is 1. The van der Waals surface area contributed by atoms with E-state index in [1.165, 1.54) is 11.2 Å². The summed E-state index contributed by atoms with van der Waals surface area (Å²) in [6.07, 6.45) is 2.20. The fourth-order valence-electron chi connectivity index (χ4n) is 4.20. The van der Waals surface area contributed by atoms with E-state index < -0.39 is 17.7 Å². The maximum Gasteiger partial charge on any atom is 0.295 e. The molecule has 1 atom stereocenters. The predicted octanol–water partition coefficient (Wildman–Crippen LogP) is 3.20. The molecular weight excluding hydrogens is 412 g/mol. The van der Waals surface area contributed by atoms with Gasteiger partial charge in [0.05, 0.1) is 11.8 Å². The van der Waals surface area contributed by atoms with Gasteiger partial charge in [0.2, 0.25) is 0 Å². The summed E-state index contributed by atoms with van der Waals surface area (Å²) >= 11 is 0. The van der Waals surface area contributed by atoms with E-state index in [0.717, 1.165) is 19.6 Å². The first-order valence-corrected chi connectivity index (χ1v) is 11.0. The number of rotatable bonds is 8. The number of aliphatic hydroxyl groups is 1. The van der Waals surface area contributed by atoms with E-state index in [1.807, 2.05) is 0 Å². The normalized spacial score (nSPS) is 19.7. The van der Waals surface area contributed by atoms with Gasteiger partial charge >= 0.3 is 0 Å². The van der Waals surface area contributed by atoms with E-state index in [1.54, 1.807) is 30.3 Å². The van der Waals surface area contributed by atoms with Crippen LogP contribution < -0.4 is 9.47 Å². The van der Waals surface area contributed by atoms with Crippen LogP contribution in [0.1, 0.15) is 37.6 Å². The Kier molecular flexibility index (Phi) is 6.50. The molecule has 0 bridgehead atoms. The van der Waals surface area contributed by atoms with Crippen LogP contribution in [0.3, 0.4) is 0 Å². The third-order valence-corrected chi connectivity index (χ3v) is 5.94. The number of ketones is 1. The Balaban J connectivity index is 1.68. The number of fused-ring (bicyclic) bond motifs is 1. The molecule has 1 fully saturated rings. The van der Waals surface area contributed by atoms with Crippen LogP contribution in [0.4, 0.5) is 0 Å². The molecule has 1 aromatic heterocycles. The van der Waals surface area contributed by atoms with Gasteiger partial charge in [-0.3, -0.25) is 9.59 Å². The fraction of sp³-hybridized carbons (Fsp3) is 0.417. The maximum atomic E-state index is 13.0. The van der Waals surface area contributed by atoms with Crippen molar-refractivity contribution in [3.05, 3.63) is 53.5 Å². The van der Waals surface area contributed by atoms with E-state index in [9.17, 15) is 14.7 Å². The van der Waals surface area contributed by atoms with Gasteiger partial charge in [-0.25, -0.2) is 0 Å². The third kappa shape index (κ3) is 4.10. The van der Waals surface area contributed by atoms with Crippen molar-refractivity contribution in [2.24, 2.45) is 0 Å². The Morgan fingerprint density at radius 1 is 1.12 bits per heavy atom. The highest BCUT2D eigenvalue weighted by Crippen LogP contribution is 2.41. The fourth-order valence-corrected chi connectivity index (χ4v) is 4.20. The summed E-state index contributed by atoms with van der Waals surface area (Å²) < 4.78 is 16.7. The highest BCUT2D eigenvalue weighted by atomic mass is 16.6. The molecule has 0 saturated carbocycles. The van der Waals surface area contributed by atoms with Gasteiger partial charge in [-0.2, -0.15) is 0 Å². The van der Waals surface area contributed by atoms with Crippen molar-refractivity contribution >= 4 is 17.4 Å². The van der Waals surface area contributed by atoms with Crippen molar-refractivity contribution in [2.45, 2.75) is 26.3 Å². The maximum absolute atomic E-state index is 13.0. The summed E-state index contributed by atoms with van der Waals surface area (Å²) in [6, 6.07) is 7.59. The lowest BCUT2D eigenvalue weighted by Gasteiger charge is -2.25. The van der Waals surface area contributed by atoms with Crippen LogP contribution in [0.25, 0.3) is 5.76 Å².